The Labute approximate surface area is 96.5 Å². The molecule has 0 unspecified atom stereocenters. The molecule has 17 heavy (non-hydrogen) atoms. The lowest BCUT2D eigenvalue weighted by molar-refractivity contribution is -0.117. The number of rotatable bonds is 3. The van der Waals surface area contributed by atoms with Gasteiger partial charge in [0.25, 0.3) is 12.3 Å². The van der Waals surface area contributed by atoms with Crippen LogP contribution in [-0.4, -0.2) is 25.2 Å². The number of hydrazone groups is 1. The zero-order valence-corrected chi connectivity index (χ0v) is 9.06. The van der Waals surface area contributed by atoms with E-state index in [1.807, 2.05) is 0 Å². The molecular weight excluding hydrogens is 230 g/mol. The first-order valence-electron chi connectivity index (χ1n) is 4.94. The van der Waals surface area contributed by atoms with Gasteiger partial charge in [-0.25, -0.2) is 13.8 Å². The fourth-order valence-corrected chi connectivity index (χ4v) is 1.50. The van der Waals surface area contributed by atoms with Crippen molar-refractivity contribution in [3.05, 3.63) is 24.3 Å². The van der Waals surface area contributed by atoms with Crippen LogP contribution < -0.4 is 9.75 Å². The number of hydrogen-bond donors (Lipinski definition) is 0. The Morgan fingerprint density at radius 3 is 2.47 bits per heavy atom. The molecule has 0 radical (unpaired) electrons. The van der Waals surface area contributed by atoms with E-state index in [4.69, 9.17) is 4.74 Å². The van der Waals surface area contributed by atoms with E-state index in [0.717, 1.165) is 5.01 Å². The van der Waals surface area contributed by atoms with E-state index in [9.17, 15) is 13.6 Å². The summed E-state index contributed by atoms with van der Waals surface area (Å²) in [5.74, 6) is 0.170. The number of hydrogen-bond acceptors (Lipinski definition) is 3. The second-order valence-electron chi connectivity index (χ2n) is 3.47. The number of methoxy groups -OCH3 is 1. The Hall–Kier alpha value is -1.98. The molecule has 0 spiro atoms. The van der Waals surface area contributed by atoms with E-state index >= 15 is 0 Å². The van der Waals surface area contributed by atoms with Crippen molar-refractivity contribution < 1.29 is 18.3 Å². The Balaban J connectivity index is 2.24. The number of carbonyl (C=O) groups is 1. The van der Waals surface area contributed by atoms with Crippen molar-refractivity contribution in [3.8, 4) is 5.75 Å². The predicted molar refractivity (Wildman–Crippen MR) is 58.5 cm³/mol. The van der Waals surface area contributed by atoms with Crippen molar-refractivity contribution >= 4 is 17.3 Å². The highest BCUT2D eigenvalue weighted by molar-refractivity contribution is 6.14. The van der Waals surface area contributed by atoms with E-state index in [-0.39, 0.29) is 6.42 Å². The summed E-state index contributed by atoms with van der Waals surface area (Å²) in [7, 11) is 1.52. The number of alkyl halides is 2. The van der Waals surface area contributed by atoms with Crippen LogP contribution in [0.5, 0.6) is 5.75 Å². The molecule has 6 heteroatoms. The van der Waals surface area contributed by atoms with Gasteiger partial charge in [-0.15, -0.1) is 0 Å². The van der Waals surface area contributed by atoms with Crippen LogP contribution in [0.25, 0.3) is 0 Å². The van der Waals surface area contributed by atoms with Crippen LogP contribution >= 0.6 is 0 Å². The molecule has 0 N–H and O–H groups in total. The fraction of sp³-hybridized carbons (Fsp3) is 0.273. The molecule has 4 nitrogen and oxygen atoms in total. The van der Waals surface area contributed by atoms with Gasteiger partial charge in [0.05, 0.1) is 19.2 Å². The lowest BCUT2D eigenvalue weighted by Crippen LogP contribution is -2.19. The number of halogens is 2. The summed E-state index contributed by atoms with van der Waals surface area (Å²) in [6.07, 6.45) is -3.02. The third-order valence-electron chi connectivity index (χ3n) is 2.37. The first-order chi connectivity index (χ1) is 8.11. The molecule has 0 atom stereocenters. The standard InChI is InChI=1S/C11H10F2N2O2/c1-17-8-4-2-7(3-5-8)15-10(16)6-9(14-15)11(12)13/h2-5,11H,6H2,1H3. The summed E-state index contributed by atoms with van der Waals surface area (Å²) in [5, 5.41) is 4.59. The van der Waals surface area contributed by atoms with Gasteiger partial charge in [0, 0.05) is 0 Å². The maximum atomic E-state index is 12.4. The molecule has 0 aromatic heterocycles. The summed E-state index contributed by atoms with van der Waals surface area (Å²) in [6, 6.07) is 6.46. The normalized spacial score (nSPS) is 15.4. The minimum absolute atomic E-state index is 0.330. The molecule has 2 rings (SSSR count). The first-order valence-corrected chi connectivity index (χ1v) is 4.94. The van der Waals surface area contributed by atoms with Gasteiger partial charge in [-0.1, -0.05) is 0 Å². The van der Waals surface area contributed by atoms with Crippen LogP contribution in [-0.2, 0) is 4.79 Å². The molecule has 0 aliphatic carbocycles. The third kappa shape index (κ3) is 2.25. The quantitative estimate of drug-likeness (QED) is 0.811. The highest BCUT2D eigenvalue weighted by Crippen LogP contribution is 2.24. The van der Waals surface area contributed by atoms with Crippen LogP contribution in [0.4, 0.5) is 14.5 Å². The van der Waals surface area contributed by atoms with Crippen LogP contribution in [0.2, 0.25) is 0 Å². The average molecular weight is 240 g/mol. The number of nitrogens with zero attached hydrogens (tertiary/aromatic N) is 2. The molecule has 0 fully saturated rings. The Bertz CT molecular complexity index is 457. The summed E-state index contributed by atoms with van der Waals surface area (Å²) in [6.45, 7) is 0. The van der Waals surface area contributed by atoms with E-state index in [1.54, 1.807) is 24.3 Å². The highest BCUT2D eigenvalue weighted by atomic mass is 19.3. The molecule has 1 aromatic carbocycles. The average Bonchev–Trinajstić information content (AvgIpc) is 2.72. The zero-order chi connectivity index (χ0) is 12.4. The Morgan fingerprint density at radius 2 is 2.00 bits per heavy atom. The summed E-state index contributed by atoms with van der Waals surface area (Å²) >= 11 is 0. The lowest BCUT2D eigenvalue weighted by atomic mass is 10.2. The van der Waals surface area contributed by atoms with Gasteiger partial charge in [-0.2, -0.15) is 5.10 Å². The molecule has 0 saturated heterocycles. The molecule has 1 aromatic rings. The Kier molecular flexibility index (Phi) is 3.03. The smallest absolute Gasteiger partial charge is 0.278 e. The largest absolute Gasteiger partial charge is 0.497 e. The maximum Gasteiger partial charge on any atom is 0.278 e. The van der Waals surface area contributed by atoms with Gasteiger partial charge in [0.1, 0.15) is 11.5 Å². The van der Waals surface area contributed by atoms with Gasteiger partial charge >= 0.3 is 0 Å². The third-order valence-corrected chi connectivity index (χ3v) is 2.37. The molecule has 1 amide bonds. The van der Waals surface area contributed by atoms with Crippen LogP contribution in [0, 0.1) is 0 Å². The van der Waals surface area contributed by atoms with Gasteiger partial charge in [0.15, 0.2) is 0 Å². The molecular formula is C11H10F2N2O2. The molecule has 1 aliphatic heterocycles. The lowest BCUT2D eigenvalue weighted by Gasteiger charge is -2.11. The van der Waals surface area contributed by atoms with Gasteiger partial charge in [0.2, 0.25) is 0 Å². The topological polar surface area (TPSA) is 41.9 Å². The SMILES string of the molecule is COc1ccc(N2N=C(C(F)F)CC2=O)cc1. The van der Waals surface area contributed by atoms with E-state index < -0.39 is 18.0 Å². The molecule has 90 valence electrons. The molecule has 0 bridgehead atoms. The van der Waals surface area contributed by atoms with Crippen molar-refractivity contribution in [2.45, 2.75) is 12.8 Å². The number of anilines is 1. The number of carbonyl (C=O) groups excluding carboxylic acids is 1. The molecule has 1 heterocycles. The van der Waals surface area contributed by atoms with E-state index in [2.05, 4.69) is 5.10 Å². The number of benzene rings is 1. The van der Waals surface area contributed by atoms with Crippen molar-refractivity contribution in [2.75, 3.05) is 12.1 Å². The van der Waals surface area contributed by atoms with Gasteiger partial charge in [-0.05, 0) is 24.3 Å². The van der Waals surface area contributed by atoms with Gasteiger partial charge in [-0.3, -0.25) is 4.79 Å². The summed E-state index contributed by atoms with van der Waals surface area (Å²) in [5.41, 5.74) is 0.0530. The highest BCUT2D eigenvalue weighted by Gasteiger charge is 2.29. The summed E-state index contributed by atoms with van der Waals surface area (Å²) in [4.78, 5) is 11.5. The zero-order valence-electron chi connectivity index (χ0n) is 9.06. The monoisotopic (exact) mass is 240 g/mol. The molecule has 0 saturated carbocycles. The van der Waals surface area contributed by atoms with Crippen LogP contribution in [0.15, 0.2) is 29.4 Å². The minimum Gasteiger partial charge on any atom is -0.497 e. The van der Waals surface area contributed by atoms with Crippen molar-refractivity contribution in [3.63, 3.8) is 0 Å². The second-order valence-corrected chi connectivity index (χ2v) is 3.47. The van der Waals surface area contributed by atoms with Crippen molar-refractivity contribution in [2.24, 2.45) is 5.10 Å². The second kappa shape index (κ2) is 4.48. The summed E-state index contributed by atoms with van der Waals surface area (Å²) < 4.78 is 29.7. The van der Waals surface area contributed by atoms with Gasteiger partial charge < -0.3 is 4.74 Å². The number of amides is 1. The van der Waals surface area contributed by atoms with Crippen LogP contribution in [0.3, 0.4) is 0 Å². The van der Waals surface area contributed by atoms with Crippen molar-refractivity contribution in [1.82, 2.24) is 0 Å². The van der Waals surface area contributed by atoms with Crippen LogP contribution in [0.1, 0.15) is 6.42 Å². The maximum absolute atomic E-state index is 12.4. The predicted octanol–water partition coefficient (Wildman–Crippen LogP) is 2.05. The van der Waals surface area contributed by atoms with Crippen molar-refractivity contribution in [1.29, 1.82) is 0 Å². The van der Waals surface area contributed by atoms with E-state index in [0.29, 0.717) is 11.4 Å². The fourth-order valence-electron chi connectivity index (χ4n) is 1.50. The first kappa shape index (κ1) is 11.5. The van der Waals surface area contributed by atoms with E-state index in [1.165, 1.54) is 7.11 Å². The Morgan fingerprint density at radius 1 is 1.35 bits per heavy atom. The number of ether oxygens (including phenoxy) is 1. The minimum atomic E-state index is -2.69. The molecule has 1 aliphatic rings.